The summed E-state index contributed by atoms with van der Waals surface area (Å²) in [6.07, 6.45) is 3.99. The summed E-state index contributed by atoms with van der Waals surface area (Å²) in [5.74, 6) is -0.563. The first-order chi connectivity index (χ1) is 12.0. The van der Waals surface area contributed by atoms with E-state index in [-0.39, 0.29) is 6.42 Å². The Balaban J connectivity index is 3.87. The summed E-state index contributed by atoms with van der Waals surface area (Å²) >= 11 is 0. The van der Waals surface area contributed by atoms with Crippen LogP contribution in [0.4, 0.5) is 0 Å². The second kappa shape index (κ2) is 15.5. The zero-order valence-corrected chi connectivity index (χ0v) is 15.3. The van der Waals surface area contributed by atoms with Crippen LogP contribution in [0.1, 0.15) is 71.1 Å². The zero-order valence-electron chi connectivity index (χ0n) is 15.3. The topological polar surface area (TPSA) is 127 Å². The molecule has 0 aromatic rings. The second-order valence-electron chi connectivity index (χ2n) is 6.52. The lowest BCUT2D eigenvalue weighted by molar-refractivity contribution is -0.171. The molecule has 0 rings (SSSR count). The van der Waals surface area contributed by atoms with Gasteiger partial charge in [0.2, 0.25) is 0 Å². The van der Waals surface area contributed by atoms with Gasteiger partial charge >= 0.3 is 5.97 Å². The van der Waals surface area contributed by atoms with Gasteiger partial charge in [-0.25, -0.2) is 0 Å². The molecule has 0 heterocycles. The summed E-state index contributed by atoms with van der Waals surface area (Å²) < 4.78 is 4.96. The van der Waals surface area contributed by atoms with E-state index in [9.17, 15) is 25.2 Å². The summed E-state index contributed by atoms with van der Waals surface area (Å²) in [4.78, 5) is 11.7. The van der Waals surface area contributed by atoms with Crippen molar-refractivity contribution in [2.24, 2.45) is 0 Å². The van der Waals surface area contributed by atoms with Gasteiger partial charge < -0.3 is 30.3 Å². The number of rotatable bonds is 16. The average Bonchev–Trinajstić information content (AvgIpc) is 2.62. The molecule has 5 N–H and O–H groups in total. The third kappa shape index (κ3) is 11.5. The van der Waals surface area contributed by atoms with Crippen molar-refractivity contribution < 1.29 is 35.1 Å². The summed E-state index contributed by atoms with van der Waals surface area (Å²) in [5.41, 5.74) is 0. The number of unbranched alkanes of at least 4 members (excludes halogenated alkanes) is 8. The summed E-state index contributed by atoms with van der Waals surface area (Å²) in [5, 5.41) is 46.6. The molecule has 0 saturated heterocycles. The normalized spacial score (nSPS) is 16.2. The Kier molecular flexibility index (Phi) is 15.1. The van der Waals surface area contributed by atoms with Gasteiger partial charge in [-0.15, -0.1) is 0 Å². The maximum Gasteiger partial charge on any atom is 0.306 e. The van der Waals surface area contributed by atoms with Crippen LogP contribution in [0.15, 0.2) is 0 Å². The molecule has 0 aliphatic rings. The molecule has 0 radical (unpaired) electrons. The van der Waals surface area contributed by atoms with Crippen molar-refractivity contribution in [1.29, 1.82) is 0 Å². The van der Waals surface area contributed by atoms with Gasteiger partial charge in [-0.05, 0) is 6.42 Å². The summed E-state index contributed by atoms with van der Waals surface area (Å²) in [7, 11) is 0. The second-order valence-corrected chi connectivity index (χ2v) is 6.52. The first kappa shape index (κ1) is 24.3. The molecule has 0 unspecified atom stereocenters. The number of aliphatic hydroxyl groups is 5. The standard InChI is InChI=1S/C18H36O7/c1-2-3-4-5-6-7-8-9-10-11-16(22)25-15(13-20)18(24)17(23)14(21)12-19/h14-15,17-21,23-24H,2-13H2,1H3/t14-,15-,17-,18-/m1/s1. The monoisotopic (exact) mass is 364 g/mol. The van der Waals surface area contributed by atoms with Gasteiger partial charge in [0.25, 0.3) is 0 Å². The smallest absolute Gasteiger partial charge is 0.306 e. The van der Waals surface area contributed by atoms with Crippen molar-refractivity contribution in [2.75, 3.05) is 13.2 Å². The van der Waals surface area contributed by atoms with Crippen molar-refractivity contribution in [3.05, 3.63) is 0 Å². The Morgan fingerprint density at radius 3 is 1.80 bits per heavy atom. The van der Waals surface area contributed by atoms with E-state index in [1.54, 1.807) is 0 Å². The minimum atomic E-state index is -1.71. The first-order valence-electron chi connectivity index (χ1n) is 9.43. The van der Waals surface area contributed by atoms with Crippen molar-refractivity contribution in [1.82, 2.24) is 0 Å². The summed E-state index contributed by atoms with van der Waals surface area (Å²) in [6.45, 7) is 0.761. The molecule has 0 aromatic heterocycles. The molecule has 0 fully saturated rings. The van der Waals surface area contributed by atoms with E-state index in [0.29, 0.717) is 6.42 Å². The number of hydrogen-bond acceptors (Lipinski definition) is 7. The fraction of sp³-hybridized carbons (Fsp3) is 0.944. The van der Waals surface area contributed by atoms with E-state index in [1.165, 1.54) is 32.1 Å². The molecule has 0 saturated carbocycles. The highest BCUT2D eigenvalue weighted by Crippen LogP contribution is 2.13. The molecule has 0 aromatic carbocycles. The number of carbonyl (C=O) groups is 1. The van der Waals surface area contributed by atoms with Gasteiger partial charge in [-0.2, -0.15) is 0 Å². The Morgan fingerprint density at radius 1 is 0.800 bits per heavy atom. The number of ether oxygens (including phenoxy) is 1. The van der Waals surface area contributed by atoms with Crippen LogP contribution < -0.4 is 0 Å². The van der Waals surface area contributed by atoms with Crippen LogP contribution in [0.5, 0.6) is 0 Å². The van der Waals surface area contributed by atoms with Crippen molar-refractivity contribution in [3.8, 4) is 0 Å². The predicted molar refractivity (Wildman–Crippen MR) is 93.9 cm³/mol. The zero-order chi connectivity index (χ0) is 19.1. The maximum atomic E-state index is 11.7. The molecule has 25 heavy (non-hydrogen) atoms. The highest BCUT2D eigenvalue weighted by molar-refractivity contribution is 5.69. The van der Waals surface area contributed by atoms with Gasteiger partial charge in [-0.1, -0.05) is 58.3 Å². The van der Waals surface area contributed by atoms with Crippen molar-refractivity contribution in [3.63, 3.8) is 0 Å². The van der Waals surface area contributed by atoms with Crippen molar-refractivity contribution >= 4 is 5.97 Å². The average molecular weight is 364 g/mol. The van der Waals surface area contributed by atoms with Crippen LogP contribution in [0.25, 0.3) is 0 Å². The van der Waals surface area contributed by atoms with E-state index < -0.39 is 43.6 Å². The van der Waals surface area contributed by atoms with Crippen molar-refractivity contribution in [2.45, 2.75) is 95.5 Å². The molecular weight excluding hydrogens is 328 g/mol. The summed E-state index contributed by atoms with van der Waals surface area (Å²) in [6, 6.07) is 0. The highest BCUT2D eigenvalue weighted by Gasteiger charge is 2.33. The van der Waals surface area contributed by atoms with Gasteiger partial charge in [0.1, 0.15) is 18.3 Å². The fourth-order valence-electron chi connectivity index (χ4n) is 2.58. The molecular formula is C18H36O7. The maximum absolute atomic E-state index is 11.7. The SMILES string of the molecule is CCCCCCCCCCCC(=O)O[C@H](CO)[C@@H](O)[C@H](O)[C@H](O)CO. The number of carbonyl (C=O) groups excluding carboxylic acids is 1. The highest BCUT2D eigenvalue weighted by atomic mass is 16.6. The predicted octanol–water partition coefficient (Wildman–Crippen LogP) is 0.886. The van der Waals surface area contributed by atoms with Crippen LogP contribution in [0.3, 0.4) is 0 Å². The van der Waals surface area contributed by atoms with Crippen LogP contribution >= 0.6 is 0 Å². The molecule has 0 bridgehead atoms. The van der Waals surface area contributed by atoms with E-state index in [2.05, 4.69) is 6.92 Å². The van der Waals surface area contributed by atoms with Crippen LogP contribution in [0, 0.1) is 0 Å². The minimum Gasteiger partial charge on any atom is -0.457 e. The number of hydrogen-bond donors (Lipinski definition) is 5. The molecule has 150 valence electrons. The van der Waals surface area contributed by atoms with Gasteiger partial charge in [-0.3, -0.25) is 4.79 Å². The van der Waals surface area contributed by atoms with E-state index in [0.717, 1.165) is 19.3 Å². The lowest BCUT2D eigenvalue weighted by atomic mass is 10.0. The first-order valence-corrected chi connectivity index (χ1v) is 9.43. The molecule has 7 nitrogen and oxygen atoms in total. The Labute approximate surface area is 150 Å². The van der Waals surface area contributed by atoms with E-state index in [1.807, 2.05) is 0 Å². The lowest BCUT2D eigenvalue weighted by Crippen LogP contribution is -2.48. The third-order valence-electron chi connectivity index (χ3n) is 4.26. The third-order valence-corrected chi connectivity index (χ3v) is 4.26. The van der Waals surface area contributed by atoms with E-state index in [4.69, 9.17) is 9.84 Å². The Bertz CT molecular complexity index is 325. The van der Waals surface area contributed by atoms with Gasteiger partial charge in [0.05, 0.1) is 13.2 Å². The quantitative estimate of drug-likeness (QED) is 0.203. The van der Waals surface area contributed by atoms with Crippen LogP contribution in [-0.4, -0.2) is 69.1 Å². The molecule has 4 atom stereocenters. The molecule has 0 aliphatic heterocycles. The molecule has 0 amide bonds. The van der Waals surface area contributed by atoms with Crippen LogP contribution in [0.2, 0.25) is 0 Å². The Hall–Kier alpha value is -0.730. The van der Waals surface area contributed by atoms with Crippen LogP contribution in [-0.2, 0) is 9.53 Å². The van der Waals surface area contributed by atoms with E-state index >= 15 is 0 Å². The van der Waals surface area contributed by atoms with Gasteiger partial charge in [0, 0.05) is 6.42 Å². The van der Waals surface area contributed by atoms with Gasteiger partial charge in [0.15, 0.2) is 6.10 Å². The number of esters is 1. The molecule has 0 spiro atoms. The molecule has 7 heteroatoms. The number of aliphatic hydroxyl groups excluding tert-OH is 5. The minimum absolute atomic E-state index is 0.178. The fourth-order valence-corrected chi connectivity index (χ4v) is 2.58. The largest absolute Gasteiger partial charge is 0.457 e. The molecule has 0 aliphatic carbocycles. The Morgan fingerprint density at radius 2 is 1.32 bits per heavy atom. The lowest BCUT2D eigenvalue weighted by Gasteiger charge is -2.27.